The van der Waals surface area contributed by atoms with Crippen LogP contribution in [0.25, 0.3) is 0 Å². The van der Waals surface area contributed by atoms with Crippen molar-refractivity contribution in [2.24, 2.45) is 0 Å². The maximum Gasteiger partial charge on any atom is 0.333 e. The lowest BCUT2D eigenvalue weighted by molar-refractivity contribution is 0.156. The summed E-state index contributed by atoms with van der Waals surface area (Å²) < 4.78 is 27.7. The van der Waals surface area contributed by atoms with Crippen molar-refractivity contribution in [3.8, 4) is 0 Å². The monoisotopic (exact) mass is 430 g/mol. The molecule has 0 aromatic heterocycles. The van der Waals surface area contributed by atoms with Gasteiger partial charge in [-0.1, -0.05) is 52.0 Å². The van der Waals surface area contributed by atoms with Gasteiger partial charge in [-0.25, -0.2) is 17.9 Å². The largest absolute Gasteiger partial charge is 0.388 e. The molecule has 162 valence electrons. The maximum absolute atomic E-state index is 12.8. The fraction of sp³-hybridized carbons (Fsp3) is 0.435. The average molecular weight is 431 g/mol. The molecule has 2 aromatic carbocycles. The van der Waals surface area contributed by atoms with Gasteiger partial charge in [0.15, 0.2) is 0 Å². The Kier molecular flexibility index (Phi) is 6.53. The van der Waals surface area contributed by atoms with E-state index in [9.17, 15) is 18.3 Å². The van der Waals surface area contributed by atoms with Gasteiger partial charge in [-0.3, -0.25) is 0 Å². The molecule has 6 nitrogen and oxygen atoms in total. The number of hydrogen-bond donors (Lipinski definition) is 3. The Morgan fingerprint density at radius 1 is 1.07 bits per heavy atom. The number of urea groups is 1. The van der Waals surface area contributed by atoms with Crippen LogP contribution in [0.3, 0.4) is 0 Å². The van der Waals surface area contributed by atoms with Gasteiger partial charge in [0.25, 0.3) is 10.0 Å². The highest BCUT2D eigenvalue weighted by molar-refractivity contribution is 7.90. The number of nitrogens with one attached hydrogen (secondary N) is 2. The van der Waals surface area contributed by atoms with Gasteiger partial charge in [-0.2, -0.15) is 0 Å². The van der Waals surface area contributed by atoms with Gasteiger partial charge < -0.3 is 10.4 Å². The minimum Gasteiger partial charge on any atom is -0.388 e. The molecule has 1 unspecified atom stereocenters. The van der Waals surface area contributed by atoms with E-state index in [-0.39, 0.29) is 16.7 Å². The predicted octanol–water partition coefficient (Wildman–Crippen LogP) is 4.81. The third-order valence-corrected chi connectivity index (χ3v) is 6.88. The normalized spacial score (nSPS) is 16.4. The van der Waals surface area contributed by atoms with Crippen molar-refractivity contribution in [1.29, 1.82) is 0 Å². The van der Waals surface area contributed by atoms with E-state index in [1.807, 2.05) is 45.9 Å². The number of amides is 2. The van der Waals surface area contributed by atoms with Gasteiger partial charge in [0.2, 0.25) is 0 Å². The van der Waals surface area contributed by atoms with Gasteiger partial charge >= 0.3 is 6.03 Å². The molecule has 0 saturated carbocycles. The SMILES string of the molecule is CC(C)c1cccc(C(C)C)c1NC(=O)NS(=O)(=O)c1ccc2c(c1)C(O)CCC2. The first-order chi connectivity index (χ1) is 14.1. The molecule has 1 atom stereocenters. The molecule has 7 heteroatoms. The number of carbonyl (C=O) groups excluding carboxylic acids is 1. The smallest absolute Gasteiger partial charge is 0.333 e. The van der Waals surface area contributed by atoms with E-state index in [0.717, 1.165) is 29.5 Å². The summed E-state index contributed by atoms with van der Waals surface area (Å²) >= 11 is 0. The Hall–Kier alpha value is -2.38. The van der Waals surface area contributed by atoms with Gasteiger partial charge in [-0.05, 0) is 65.5 Å². The Bertz CT molecular complexity index is 1020. The van der Waals surface area contributed by atoms with Crippen molar-refractivity contribution >= 4 is 21.7 Å². The summed E-state index contributed by atoms with van der Waals surface area (Å²) in [5.41, 5.74) is 4.12. The molecule has 1 aliphatic rings. The summed E-state index contributed by atoms with van der Waals surface area (Å²) in [4.78, 5) is 12.6. The summed E-state index contributed by atoms with van der Waals surface area (Å²) in [7, 11) is -4.08. The number of aliphatic hydroxyl groups is 1. The third-order valence-electron chi connectivity index (χ3n) is 5.55. The van der Waals surface area contributed by atoms with Gasteiger partial charge in [-0.15, -0.1) is 0 Å². The number of benzene rings is 2. The first kappa shape index (κ1) is 22.3. The van der Waals surface area contributed by atoms with Crippen molar-refractivity contribution in [2.75, 3.05) is 5.32 Å². The number of rotatable bonds is 5. The van der Waals surface area contributed by atoms with Crippen LogP contribution in [0.4, 0.5) is 10.5 Å². The van der Waals surface area contributed by atoms with Crippen molar-refractivity contribution in [3.63, 3.8) is 0 Å². The van der Waals surface area contributed by atoms with Crippen LogP contribution in [0.2, 0.25) is 0 Å². The fourth-order valence-corrected chi connectivity index (χ4v) is 4.88. The second-order valence-electron chi connectivity index (χ2n) is 8.45. The summed E-state index contributed by atoms with van der Waals surface area (Å²) in [6.45, 7) is 8.10. The Labute approximate surface area is 178 Å². The van der Waals surface area contributed by atoms with E-state index in [1.165, 1.54) is 12.1 Å². The van der Waals surface area contributed by atoms with E-state index >= 15 is 0 Å². The molecular formula is C23H30N2O4S. The van der Waals surface area contributed by atoms with Gasteiger partial charge in [0.05, 0.1) is 11.0 Å². The van der Waals surface area contributed by atoms with Crippen LogP contribution in [0.5, 0.6) is 0 Å². The topological polar surface area (TPSA) is 95.5 Å². The van der Waals surface area contributed by atoms with E-state index in [4.69, 9.17) is 0 Å². The number of aryl methyl sites for hydroxylation is 1. The van der Waals surface area contributed by atoms with Crippen molar-refractivity contribution in [3.05, 3.63) is 58.7 Å². The van der Waals surface area contributed by atoms with Crippen molar-refractivity contribution < 1.29 is 18.3 Å². The third kappa shape index (κ3) is 4.68. The predicted molar refractivity (Wildman–Crippen MR) is 118 cm³/mol. The van der Waals surface area contributed by atoms with Crippen LogP contribution in [0.15, 0.2) is 41.3 Å². The minimum atomic E-state index is -4.08. The summed E-state index contributed by atoms with van der Waals surface area (Å²) in [5, 5.41) is 13.0. The molecule has 0 aliphatic heterocycles. The quantitative estimate of drug-likeness (QED) is 0.634. The second-order valence-corrected chi connectivity index (χ2v) is 10.1. The fourth-order valence-electron chi connectivity index (χ4n) is 3.93. The average Bonchev–Trinajstić information content (AvgIpc) is 2.67. The standard InChI is InChI=1S/C23H30N2O4S/c1-14(2)18-8-6-9-19(15(3)4)22(18)24-23(27)25-30(28,29)17-12-11-16-7-5-10-21(26)20(16)13-17/h6,8-9,11-15,21,26H,5,7,10H2,1-4H3,(H2,24,25,27). The zero-order valence-electron chi connectivity index (χ0n) is 17.9. The number of aliphatic hydroxyl groups excluding tert-OH is 1. The lowest BCUT2D eigenvalue weighted by atomic mass is 9.90. The molecular weight excluding hydrogens is 400 g/mol. The molecule has 1 aliphatic carbocycles. The molecule has 2 amide bonds. The van der Waals surface area contributed by atoms with Crippen LogP contribution in [0, 0.1) is 0 Å². The number of hydrogen-bond acceptors (Lipinski definition) is 4. The van der Waals surface area contributed by atoms with E-state index in [2.05, 4.69) is 10.0 Å². The van der Waals surface area contributed by atoms with Crippen LogP contribution in [-0.4, -0.2) is 19.6 Å². The Morgan fingerprint density at radius 2 is 1.70 bits per heavy atom. The van der Waals surface area contributed by atoms with Crippen LogP contribution in [-0.2, 0) is 16.4 Å². The van der Waals surface area contributed by atoms with E-state index in [1.54, 1.807) is 6.07 Å². The first-order valence-corrected chi connectivity index (χ1v) is 11.9. The van der Waals surface area contributed by atoms with Gasteiger partial charge in [0, 0.05) is 5.69 Å². The summed E-state index contributed by atoms with van der Waals surface area (Å²) in [6.07, 6.45) is 1.61. The minimum absolute atomic E-state index is 0.0291. The lowest BCUT2D eigenvalue weighted by Crippen LogP contribution is -2.35. The molecule has 30 heavy (non-hydrogen) atoms. The molecule has 0 radical (unpaired) electrons. The number of anilines is 1. The summed E-state index contributed by atoms with van der Waals surface area (Å²) in [5.74, 6) is 0.329. The number of para-hydroxylation sites is 1. The molecule has 2 aromatic rings. The highest BCUT2D eigenvalue weighted by atomic mass is 32.2. The maximum atomic E-state index is 12.8. The molecule has 0 saturated heterocycles. The number of sulfonamides is 1. The Morgan fingerprint density at radius 3 is 2.30 bits per heavy atom. The zero-order chi connectivity index (χ0) is 22.1. The molecule has 0 bridgehead atoms. The highest BCUT2D eigenvalue weighted by Gasteiger charge is 2.24. The first-order valence-electron chi connectivity index (χ1n) is 10.4. The molecule has 0 spiro atoms. The van der Waals surface area contributed by atoms with E-state index < -0.39 is 22.2 Å². The summed E-state index contributed by atoms with van der Waals surface area (Å²) in [6, 6.07) is 9.68. The molecule has 0 heterocycles. The lowest BCUT2D eigenvalue weighted by Gasteiger charge is -2.22. The molecule has 0 fully saturated rings. The van der Waals surface area contributed by atoms with Crippen LogP contribution >= 0.6 is 0 Å². The molecule has 3 rings (SSSR count). The van der Waals surface area contributed by atoms with Crippen molar-refractivity contribution in [1.82, 2.24) is 4.72 Å². The van der Waals surface area contributed by atoms with Crippen LogP contribution < -0.4 is 10.0 Å². The molecule has 3 N–H and O–H groups in total. The van der Waals surface area contributed by atoms with E-state index in [0.29, 0.717) is 17.7 Å². The highest BCUT2D eigenvalue weighted by Crippen LogP contribution is 2.33. The number of fused-ring (bicyclic) bond motifs is 1. The second kappa shape index (κ2) is 8.78. The van der Waals surface area contributed by atoms with Gasteiger partial charge in [0.1, 0.15) is 0 Å². The zero-order valence-corrected chi connectivity index (χ0v) is 18.7. The Balaban J connectivity index is 1.86. The number of carbonyl (C=O) groups is 1. The van der Waals surface area contributed by atoms with Crippen LogP contribution in [0.1, 0.15) is 80.7 Å². The van der Waals surface area contributed by atoms with Crippen molar-refractivity contribution in [2.45, 2.75) is 69.8 Å².